The van der Waals surface area contributed by atoms with Crippen LogP contribution in [0.2, 0.25) is 0 Å². The van der Waals surface area contributed by atoms with E-state index in [1.54, 1.807) is 0 Å². The molecule has 1 saturated heterocycles. The van der Waals surface area contributed by atoms with E-state index in [2.05, 4.69) is 24.0 Å². The maximum Gasteiger partial charge on any atom is 0.253 e. The average Bonchev–Trinajstić information content (AvgIpc) is 3.34. The molecule has 1 aromatic heterocycles. The topological polar surface area (TPSA) is 62.4 Å². The lowest BCUT2D eigenvalue weighted by Crippen LogP contribution is -2.44. The molecule has 2 aromatic rings. The minimum absolute atomic E-state index is 0.0549. The maximum absolute atomic E-state index is 13.1. The fraction of sp³-hybridized carbons (Fsp3) is 0.545. The van der Waals surface area contributed by atoms with Crippen LogP contribution < -0.4 is 5.56 Å². The lowest BCUT2D eigenvalue weighted by molar-refractivity contribution is -0.144. The van der Waals surface area contributed by atoms with E-state index in [4.69, 9.17) is 4.74 Å². The van der Waals surface area contributed by atoms with Crippen LogP contribution in [-0.4, -0.2) is 34.5 Å². The summed E-state index contributed by atoms with van der Waals surface area (Å²) >= 11 is 0. The highest BCUT2D eigenvalue weighted by atomic mass is 16.5. The predicted molar refractivity (Wildman–Crippen MR) is 106 cm³/mol. The molecule has 1 aromatic carbocycles. The monoisotopic (exact) mass is 368 g/mol. The number of nitrogens with one attached hydrogen (secondary N) is 1. The minimum atomic E-state index is -0.338. The third kappa shape index (κ3) is 3.65. The van der Waals surface area contributed by atoms with Crippen molar-refractivity contribution in [1.82, 2.24) is 9.88 Å². The lowest BCUT2D eigenvalue weighted by atomic mass is 10.0. The van der Waals surface area contributed by atoms with E-state index < -0.39 is 0 Å². The molecule has 2 heterocycles. The van der Waals surface area contributed by atoms with Crippen LogP contribution >= 0.6 is 0 Å². The van der Waals surface area contributed by atoms with Gasteiger partial charge in [0.05, 0.1) is 12.1 Å². The average molecular weight is 368 g/mol. The summed E-state index contributed by atoms with van der Waals surface area (Å²) in [6, 6.07) is 6.34. The van der Waals surface area contributed by atoms with Gasteiger partial charge in [0.1, 0.15) is 6.10 Å². The Bertz CT molecular complexity index is 906. The Hall–Kier alpha value is -2.14. The summed E-state index contributed by atoms with van der Waals surface area (Å²) in [5.41, 5.74) is 3.67. The van der Waals surface area contributed by atoms with Gasteiger partial charge in [-0.15, -0.1) is 0 Å². The number of H-pyrrole nitrogens is 1. The van der Waals surface area contributed by atoms with Gasteiger partial charge in [-0.3, -0.25) is 9.59 Å². The Balaban J connectivity index is 1.68. The van der Waals surface area contributed by atoms with Crippen molar-refractivity contribution < 1.29 is 9.53 Å². The number of nitrogens with zero attached hydrogens (tertiary/aromatic N) is 1. The van der Waals surface area contributed by atoms with Crippen LogP contribution in [0.1, 0.15) is 55.2 Å². The molecule has 2 aliphatic rings. The quantitative estimate of drug-likeness (QED) is 0.897. The van der Waals surface area contributed by atoms with Crippen LogP contribution in [0.4, 0.5) is 0 Å². The first-order valence-corrected chi connectivity index (χ1v) is 10.1. The van der Waals surface area contributed by atoms with Crippen molar-refractivity contribution >= 4 is 16.8 Å². The second-order valence-corrected chi connectivity index (χ2v) is 8.08. The molecule has 0 bridgehead atoms. The van der Waals surface area contributed by atoms with Crippen LogP contribution in [0, 0.1) is 13.8 Å². The molecule has 2 fully saturated rings. The Morgan fingerprint density at radius 2 is 1.93 bits per heavy atom. The standard InChI is InChI=1S/C22H28N2O3/c1-14-10-15(2)20-16(11-14)12-17(21(25)23-20)13-24(18-6-3-4-7-18)22(26)19-8-5-9-27-19/h10-12,18-19H,3-9,13H2,1-2H3,(H,23,25)/t19-/m1/s1. The molecule has 1 amide bonds. The molecule has 5 heteroatoms. The van der Waals surface area contributed by atoms with Gasteiger partial charge in [-0.1, -0.05) is 24.5 Å². The Morgan fingerprint density at radius 3 is 2.63 bits per heavy atom. The van der Waals surface area contributed by atoms with Gasteiger partial charge < -0.3 is 14.6 Å². The zero-order chi connectivity index (χ0) is 19.0. The van der Waals surface area contributed by atoms with E-state index in [0.717, 1.165) is 55.0 Å². The van der Waals surface area contributed by atoms with Gasteiger partial charge in [-0.25, -0.2) is 0 Å². The summed E-state index contributed by atoms with van der Waals surface area (Å²) in [5, 5.41) is 1.03. The van der Waals surface area contributed by atoms with Crippen LogP contribution in [0.3, 0.4) is 0 Å². The van der Waals surface area contributed by atoms with E-state index in [1.807, 2.05) is 17.9 Å². The van der Waals surface area contributed by atoms with E-state index in [-0.39, 0.29) is 23.6 Å². The summed E-state index contributed by atoms with van der Waals surface area (Å²) < 4.78 is 5.65. The van der Waals surface area contributed by atoms with Gasteiger partial charge >= 0.3 is 0 Å². The Morgan fingerprint density at radius 1 is 1.15 bits per heavy atom. The number of aromatic amines is 1. The first-order chi connectivity index (χ1) is 13.0. The van der Waals surface area contributed by atoms with Crippen molar-refractivity contribution in [3.05, 3.63) is 45.2 Å². The second-order valence-electron chi connectivity index (χ2n) is 8.08. The van der Waals surface area contributed by atoms with Gasteiger partial charge in [-0.2, -0.15) is 0 Å². The third-order valence-corrected chi connectivity index (χ3v) is 5.96. The number of hydrogen-bond acceptors (Lipinski definition) is 3. The molecule has 0 unspecified atom stereocenters. The molecule has 1 atom stereocenters. The minimum Gasteiger partial charge on any atom is -0.368 e. The first kappa shape index (κ1) is 18.2. The van der Waals surface area contributed by atoms with E-state index >= 15 is 0 Å². The smallest absolute Gasteiger partial charge is 0.253 e. The van der Waals surface area contributed by atoms with Gasteiger partial charge in [0.15, 0.2) is 0 Å². The highest BCUT2D eigenvalue weighted by Crippen LogP contribution is 2.28. The molecule has 4 rings (SSSR count). The summed E-state index contributed by atoms with van der Waals surface area (Å²) in [6.45, 7) is 5.09. The van der Waals surface area contributed by atoms with Crippen molar-refractivity contribution in [3.8, 4) is 0 Å². The molecule has 1 aliphatic heterocycles. The number of ether oxygens (including phenoxy) is 1. The van der Waals surface area contributed by atoms with Crippen LogP contribution in [0.15, 0.2) is 23.0 Å². The van der Waals surface area contributed by atoms with E-state index in [1.165, 1.54) is 5.56 Å². The molecular weight excluding hydrogens is 340 g/mol. The molecule has 1 N–H and O–H groups in total. The van der Waals surface area contributed by atoms with Gasteiger partial charge in [0.25, 0.3) is 11.5 Å². The molecule has 144 valence electrons. The second kappa shape index (κ2) is 7.47. The molecular formula is C22H28N2O3. The fourth-order valence-electron chi connectivity index (χ4n) is 4.59. The van der Waals surface area contributed by atoms with Crippen LogP contribution in [0.5, 0.6) is 0 Å². The van der Waals surface area contributed by atoms with E-state index in [0.29, 0.717) is 18.7 Å². The van der Waals surface area contributed by atoms with Crippen molar-refractivity contribution in [2.45, 2.75) is 71.1 Å². The summed E-state index contributed by atoms with van der Waals surface area (Å²) in [7, 11) is 0. The van der Waals surface area contributed by atoms with Gasteiger partial charge in [-0.05, 0) is 62.6 Å². The number of fused-ring (bicyclic) bond motifs is 1. The zero-order valence-electron chi connectivity index (χ0n) is 16.2. The fourth-order valence-corrected chi connectivity index (χ4v) is 4.59. The number of benzene rings is 1. The van der Waals surface area contributed by atoms with E-state index in [9.17, 15) is 9.59 Å². The Labute approximate surface area is 159 Å². The Kier molecular flexibility index (Phi) is 5.04. The normalized spacial score (nSPS) is 20.4. The number of pyridine rings is 1. The highest BCUT2D eigenvalue weighted by Gasteiger charge is 2.34. The molecule has 1 saturated carbocycles. The molecule has 5 nitrogen and oxygen atoms in total. The number of amides is 1. The maximum atomic E-state index is 13.1. The van der Waals surface area contributed by atoms with Crippen molar-refractivity contribution in [2.75, 3.05) is 6.61 Å². The van der Waals surface area contributed by atoms with Crippen molar-refractivity contribution in [3.63, 3.8) is 0 Å². The van der Waals surface area contributed by atoms with Crippen molar-refractivity contribution in [2.24, 2.45) is 0 Å². The van der Waals surface area contributed by atoms with Crippen LogP contribution in [-0.2, 0) is 16.1 Å². The molecule has 1 aliphatic carbocycles. The number of aromatic nitrogens is 1. The molecule has 27 heavy (non-hydrogen) atoms. The number of rotatable bonds is 4. The SMILES string of the molecule is Cc1cc(C)c2[nH]c(=O)c(CN(C(=O)[C@H]3CCCO3)C3CCCC3)cc2c1. The first-order valence-electron chi connectivity index (χ1n) is 10.1. The summed E-state index contributed by atoms with van der Waals surface area (Å²) in [6.07, 6.45) is 5.71. The molecule has 0 spiro atoms. The number of aryl methyl sites for hydroxylation is 2. The van der Waals surface area contributed by atoms with Crippen LogP contribution in [0.25, 0.3) is 10.9 Å². The zero-order valence-corrected chi connectivity index (χ0v) is 16.2. The number of carbonyl (C=O) groups excluding carboxylic acids is 1. The number of carbonyl (C=O) groups is 1. The van der Waals surface area contributed by atoms with Gasteiger partial charge in [0.2, 0.25) is 0 Å². The lowest BCUT2D eigenvalue weighted by Gasteiger charge is -2.31. The van der Waals surface area contributed by atoms with Gasteiger partial charge in [0, 0.05) is 18.2 Å². The van der Waals surface area contributed by atoms with Crippen molar-refractivity contribution in [1.29, 1.82) is 0 Å². The summed E-state index contributed by atoms with van der Waals surface area (Å²) in [4.78, 5) is 30.8. The number of hydrogen-bond donors (Lipinski definition) is 1. The largest absolute Gasteiger partial charge is 0.368 e. The highest BCUT2D eigenvalue weighted by molar-refractivity contribution is 5.84. The molecule has 0 radical (unpaired) electrons. The predicted octanol–water partition coefficient (Wildman–Crippen LogP) is 3.60. The third-order valence-electron chi connectivity index (χ3n) is 5.96. The summed E-state index contributed by atoms with van der Waals surface area (Å²) in [5.74, 6) is 0.0549.